The fraction of sp³-hybridized carbons (Fsp3) is 0.417. The predicted molar refractivity (Wildman–Crippen MR) is 59.5 cm³/mol. The molecule has 0 amide bonds. The number of benzene rings is 1. The van der Waals surface area contributed by atoms with Gasteiger partial charge >= 0.3 is 0 Å². The van der Waals surface area contributed by atoms with Crippen molar-refractivity contribution in [3.63, 3.8) is 0 Å². The lowest BCUT2D eigenvalue weighted by Gasteiger charge is -2.14. The highest BCUT2D eigenvalue weighted by Crippen LogP contribution is 2.13. The highest BCUT2D eigenvalue weighted by molar-refractivity contribution is 5.83. The van der Waals surface area contributed by atoms with Crippen LogP contribution in [0.1, 0.15) is 31.4 Å². The van der Waals surface area contributed by atoms with E-state index < -0.39 is 0 Å². The monoisotopic (exact) mass is 223 g/mol. The van der Waals surface area contributed by atoms with Crippen molar-refractivity contribution in [3.05, 3.63) is 35.9 Å². The lowest BCUT2D eigenvalue weighted by Crippen LogP contribution is -3.00. The van der Waals surface area contributed by atoms with E-state index in [0.29, 0.717) is 6.04 Å². The van der Waals surface area contributed by atoms with Gasteiger partial charge in [0.25, 0.3) is 0 Å². The van der Waals surface area contributed by atoms with E-state index in [1.807, 2.05) is 6.07 Å². The molecule has 82 valence electrons. The van der Waals surface area contributed by atoms with E-state index in [9.17, 15) is 0 Å². The summed E-state index contributed by atoms with van der Waals surface area (Å²) in [7, 11) is 0. The molecule has 2 rings (SSSR count). The van der Waals surface area contributed by atoms with Crippen LogP contribution in [0.5, 0.6) is 0 Å². The van der Waals surface area contributed by atoms with Crippen LogP contribution in [0, 0.1) is 0 Å². The Labute approximate surface area is 97.2 Å². The van der Waals surface area contributed by atoms with E-state index >= 15 is 0 Å². The molecular weight excluding hydrogens is 208 g/mol. The molecule has 1 atom stereocenters. The van der Waals surface area contributed by atoms with E-state index in [0.717, 1.165) is 13.0 Å². The van der Waals surface area contributed by atoms with E-state index in [1.165, 1.54) is 17.8 Å². The second-order valence-electron chi connectivity index (χ2n) is 3.71. The number of nitrogens with zero attached hydrogens (tertiary/aromatic N) is 1. The maximum Gasteiger partial charge on any atom is 0.0968 e. The number of nitrogens with one attached hydrogen (secondary N) is 1. The summed E-state index contributed by atoms with van der Waals surface area (Å²) in [6.45, 7) is 3.17. The van der Waals surface area contributed by atoms with Gasteiger partial charge in [-0.25, -0.2) is 0 Å². The molecule has 1 N–H and O–H groups in total. The molecule has 0 radical (unpaired) electrons. The molecule has 1 aromatic carbocycles. The molecule has 0 saturated heterocycles. The van der Waals surface area contributed by atoms with Gasteiger partial charge in [0, 0.05) is 19.0 Å². The van der Waals surface area contributed by atoms with Gasteiger partial charge in [-0.2, -0.15) is 0 Å². The SMILES string of the molecule is CC(NC1=NCCC1)c1ccccc1.[Cl-]. The average molecular weight is 224 g/mol. The zero-order chi connectivity index (χ0) is 9.80. The molecule has 1 aliphatic heterocycles. The van der Waals surface area contributed by atoms with E-state index in [4.69, 9.17) is 0 Å². The van der Waals surface area contributed by atoms with Gasteiger partial charge in [-0.05, 0) is 18.9 Å². The zero-order valence-electron chi connectivity index (χ0n) is 8.91. The third-order valence-electron chi connectivity index (χ3n) is 2.56. The molecule has 3 heteroatoms. The van der Waals surface area contributed by atoms with Crippen molar-refractivity contribution in [1.82, 2.24) is 5.32 Å². The van der Waals surface area contributed by atoms with Crippen molar-refractivity contribution in [3.8, 4) is 0 Å². The number of hydrogen-bond donors (Lipinski definition) is 1. The summed E-state index contributed by atoms with van der Waals surface area (Å²) in [5.41, 5.74) is 1.32. The third-order valence-corrected chi connectivity index (χ3v) is 2.56. The summed E-state index contributed by atoms with van der Waals surface area (Å²) in [6.07, 6.45) is 2.31. The van der Waals surface area contributed by atoms with Crippen LogP contribution in [-0.2, 0) is 0 Å². The molecule has 1 heterocycles. The van der Waals surface area contributed by atoms with Gasteiger partial charge in [0.15, 0.2) is 0 Å². The molecule has 2 nitrogen and oxygen atoms in total. The molecule has 15 heavy (non-hydrogen) atoms. The van der Waals surface area contributed by atoms with Crippen molar-refractivity contribution >= 4 is 5.84 Å². The molecule has 0 aromatic heterocycles. The van der Waals surface area contributed by atoms with Crippen LogP contribution in [0.2, 0.25) is 0 Å². The van der Waals surface area contributed by atoms with Crippen molar-refractivity contribution < 1.29 is 12.4 Å². The van der Waals surface area contributed by atoms with Gasteiger partial charge in [0.1, 0.15) is 0 Å². The van der Waals surface area contributed by atoms with Crippen LogP contribution >= 0.6 is 0 Å². The molecule has 0 spiro atoms. The minimum atomic E-state index is 0. The number of amidine groups is 1. The van der Waals surface area contributed by atoms with Crippen LogP contribution in [0.15, 0.2) is 35.3 Å². The van der Waals surface area contributed by atoms with Crippen LogP contribution in [-0.4, -0.2) is 12.4 Å². The van der Waals surface area contributed by atoms with Crippen LogP contribution in [0.4, 0.5) is 0 Å². The minimum Gasteiger partial charge on any atom is -1.00 e. The maximum absolute atomic E-state index is 4.41. The Morgan fingerprint density at radius 1 is 1.27 bits per heavy atom. The van der Waals surface area contributed by atoms with Gasteiger partial charge in [-0.15, -0.1) is 0 Å². The highest BCUT2D eigenvalue weighted by Gasteiger charge is 2.10. The Bertz CT molecular complexity index is 322. The number of rotatable bonds is 2. The Balaban J connectivity index is 0.00000112. The number of aliphatic imine (C=N–C) groups is 1. The minimum absolute atomic E-state index is 0. The van der Waals surface area contributed by atoms with Crippen LogP contribution < -0.4 is 17.7 Å². The molecule has 0 saturated carbocycles. The van der Waals surface area contributed by atoms with Gasteiger partial charge < -0.3 is 17.7 Å². The lowest BCUT2D eigenvalue weighted by molar-refractivity contribution is -0.00000308. The molecule has 1 unspecified atom stereocenters. The molecule has 0 bridgehead atoms. The normalized spacial score (nSPS) is 16.5. The summed E-state index contributed by atoms with van der Waals surface area (Å²) < 4.78 is 0. The maximum atomic E-state index is 4.41. The van der Waals surface area contributed by atoms with E-state index in [2.05, 4.69) is 41.5 Å². The van der Waals surface area contributed by atoms with Gasteiger partial charge in [-0.1, -0.05) is 30.3 Å². The Morgan fingerprint density at radius 3 is 2.60 bits per heavy atom. The standard InChI is InChI=1S/C12H16N2.ClH/c1-10(11-6-3-2-4-7-11)14-12-8-5-9-13-12;/h2-4,6-7,10H,5,8-9H2,1H3,(H,13,14);1H/p-1. The zero-order valence-corrected chi connectivity index (χ0v) is 9.67. The van der Waals surface area contributed by atoms with Crippen LogP contribution in [0.3, 0.4) is 0 Å². The van der Waals surface area contributed by atoms with Crippen molar-refractivity contribution in [2.24, 2.45) is 4.99 Å². The van der Waals surface area contributed by atoms with Crippen molar-refractivity contribution in [2.75, 3.05) is 6.54 Å². The summed E-state index contributed by atoms with van der Waals surface area (Å²) in [5.74, 6) is 1.17. The van der Waals surface area contributed by atoms with Gasteiger partial charge in [0.2, 0.25) is 0 Å². The van der Waals surface area contributed by atoms with E-state index in [1.54, 1.807) is 0 Å². The Kier molecular flexibility index (Phi) is 4.63. The first-order chi connectivity index (χ1) is 6.86. The first-order valence-electron chi connectivity index (χ1n) is 5.21. The molecular formula is C12H16ClN2-. The second kappa shape index (κ2) is 5.76. The topological polar surface area (TPSA) is 24.4 Å². The second-order valence-corrected chi connectivity index (χ2v) is 3.71. The largest absolute Gasteiger partial charge is 1.00 e. The highest BCUT2D eigenvalue weighted by atomic mass is 35.5. The van der Waals surface area contributed by atoms with Gasteiger partial charge in [0.05, 0.1) is 5.84 Å². The fourth-order valence-corrected chi connectivity index (χ4v) is 1.73. The first-order valence-corrected chi connectivity index (χ1v) is 5.21. The molecule has 1 aromatic rings. The predicted octanol–water partition coefficient (Wildman–Crippen LogP) is -0.466. The number of halogens is 1. The summed E-state index contributed by atoms with van der Waals surface area (Å²) in [6, 6.07) is 10.9. The average Bonchev–Trinajstić information content (AvgIpc) is 2.72. The molecule has 1 aliphatic rings. The third kappa shape index (κ3) is 3.24. The Hall–Kier alpha value is -1.02. The van der Waals surface area contributed by atoms with Crippen LogP contribution in [0.25, 0.3) is 0 Å². The first kappa shape index (κ1) is 12.1. The Morgan fingerprint density at radius 2 is 2.00 bits per heavy atom. The summed E-state index contributed by atoms with van der Waals surface area (Å²) in [5, 5.41) is 3.45. The quantitative estimate of drug-likeness (QED) is 0.721. The fourth-order valence-electron chi connectivity index (χ4n) is 1.73. The summed E-state index contributed by atoms with van der Waals surface area (Å²) >= 11 is 0. The molecule has 0 aliphatic carbocycles. The van der Waals surface area contributed by atoms with Gasteiger partial charge in [-0.3, -0.25) is 4.99 Å². The van der Waals surface area contributed by atoms with Crippen molar-refractivity contribution in [1.29, 1.82) is 0 Å². The summed E-state index contributed by atoms with van der Waals surface area (Å²) in [4.78, 5) is 4.41. The molecule has 0 fully saturated rings. The van der Waals surface area contributed by atoms with E-state index in [-0.39, 0.29) is 12.4 Å². The lowest BCUT2D eigenvalue weighted by atomic mass is 10.1. The van der Waals surface area contributed by atoms with Crippen molar-refractivity contribution in [2.45, 2.75) is 25.8 Å². The number of hydrogen-bond acceptors (Lipinski definition) is 2. The smallest absolute Gasteiger partial charge is 0.0968 e.